The second-order valence-electron chi connectivity index (χ2n) is 10.6. The van der Waals surface area contributed by atoms with Crippen LogP contribution in [0.2, 0.25) is 0 Å². The highest BCUT2D eigenvalue weighted by Crippen LogP contribution is 2.36. The number of rotatable bonds is 8. The molecule has 1 aromatic carbocycles. The van der Waals surface area contributed by atoms with Gasteiger partial charge in [-0.3, -0.25) is 14.1 Å². The molecule has 39 heavy (non-hydrogen) atoms. The first-order valence-electron chi connectivity index (χ1n) is 12.9. The molecular formula is C25H28F3N7O3S. The van der Waals surface area contributed by atoms with E-state index in [-0.39, 0.29) is 37.2 Å². The van der Waals surface area contributed by atoms with E-state index >= 15 is 8.78 Å². The zero-order chi connectivity index (χ0) is 27.5. The van der Waals surface area contributed by atoms with Crippen molar-refractivity contribution in [2.45, 2.75) is 50.4 Å². The highest BCUT2D eigenvalue weighted by molar-refractivity contribution is 7.90. The Balaban J connectivity index is 1.43. The number of nitrogens with one attached hydrogen (secondary N) is 2. The molecule has 6 rings (SSSR count). The number of nitrogens with zero attached hydrogens (tertiary/aromatic N) is 4. The summed E-state index contributed by atoms with van der Waals surface area (Å²) in [5.41, 5.74) is 4.09. The van der Waals surface area contributed by atoms with Gasteiger partial charge in [0, 0.05) is 43.3 Å². The van der Waals surface area contributed by atoms with Gasteiger partial charge in [0.1, 0.15) is 17.6 Å². The summed E-state index contributed by atoms with van der Waals surface area (Å²) in [5, 5.41) is 3.56. The fourth-order valence-electron chi connectivity index (χ4n) is 5.11. The Morgan fingerprint density at radius 3 is 2.59 bits per heavy atom. The molecule has 3 heterocycles. The number of aromatic nitrogens is 3. The summed E-state index contributed by atoms with van der Waals surface area (Å²) in [6.07, 6.45) is 3.44. The molecule has 0 bridgehead atoms. The zero-order valence-electron chi connectivity index (χ0n) is 20.9. The molecule has 2 saturated carbocycles. The lowest BCUT2D eigenvalue weighted by atomic mass is 9.87. The van der Waals surface area contributed by atoms with Crippen LogP contribution in [0.4, 0.5) is 24.8 Å². The number of alkyl halides is 1. The van der Waals surface area contributed by atoms with Gasteiger partial charge in [0.15, 0.2) is 5.82 Å². The van der Waals surface area contributed by atoms with Gasteiger partial charge in [-0.25, -0.2) is 18.2 Å². The van der Waals surface area contributed by atoms with Crippen molar-refractivity contribution in [2.24, 2.45) is 11.7 Å². The third-order valence-corrected chi connectivity index (χ3v) is 9.06. The van der Waals surface area contributed by atoms with Crippen molar-refractivity contribution in [1.29, 1.82) is 0 Å². The van der Waals surface area contributed by atoms with Crippen LogP contribution in [0, 0.1) is 17.6 Å². The van der Waals surface area contributed by atoms with Crippen molar-refractivity contribution in [3.8, 4) is 11.1 Å². The maximum absolute atomic E-state index is 15.8. The SMILES string of the molecule is NC1CC(n2c(=O)c(-c3c(F)ccc(NS(=O)(=O)N4CCC(F)C4)c3F)cc3cnc(NCC4CC4)nc32)C1. The minimum atomic E-state index is -4.30. The van der Waals surface area contributed by atoms with E-state index in [4.69, 9.17) is 5.73 Å². The first-order chi connectivity index (χ1) is 18.6. The number of pyridine rings is 1. The molecule has 208 valence electrons. The highest BCUT2D eigenvalue weighted by atomic mass is 32.2. The van der Waals surface area contributed by atoms with Crippen molar-refractivity contribution >= 4 is 32.9 Å². The van der Waals surface area contributed by atoms with Crippen molar-refractivity contribution < 1.29 is 21.6 Å². The van der Waals surface area contributed by atoms with Gasteiger partial charge in [0.05, 0.1) is 16.8 Å². The van der Waals surface area contributed by atoms with Crippen LogP contribution >= 0.6 is 0 Å². The summed E-state index contributed by atoms with van der Waals surface area (Å²) in [6.45, 7) is 0.286. The van der Waals surface area contributed by atoms with Gasteiger partial charge < -0.3 is 11.1 Å². The van der Waals surface area contributed by atoms with Crippen molar-refractivity contribution in [1.82, 2.24) is 18.8 Å². The van der Waals surface area contributed by atoms with E-state index in [0.717, 1.165) is 29.3 Å². The van der Waals surface area contributed by atoms with Gasteiger partial charge in [0.25, 0.3) is 5.56 Å². The van der Waals surface area contributed by atoms with Gasteiger partial charge in [-0.2, -0.15) is 17.7 Å². The number of benzene rings is 1. The Bertz CT molecular complexity index is 1610. The number of halogens is 3. The molecule has 14 heteroatoms. The van der Waals surface area contributed by atoms with Gasteiger partial charge in [-0.05, 0) is 56.2 Å². The van der Waals surface area contributed by atoms with Gasteiger partial charge in [0.2, 0.25) is 5.95 Å². The van der Waals surface area contributed by atoms with E-state index in [9.17, 15) is 17.6 Å². The molecule has 2 aliphatic carbocycles. The van der Waals surface area contributed by atoms with E-state index in [1.807, 2.05) is 0 Å². The van der Waals surface area contributed by atoms with Crippen molar-refractivity contribution in [3.05, 3.63) is 46.4 Å². The van der Waals surface area contributed by atoms with Crippen LogP contribution in [-0.4, -0.2) is 59.1 Å². The minimum absolute atomic E-state index is 0.0272. The highest BCUT2D eigenvalue weighted by Gasteiger charge is 2.34. The zero-order valence-corrected chi connectivity index (χ0v) is 21.7. The van der Waals surface area contributed by atoms with E-state index in [1.165, 1.54) is 16.8 Å². The lowest BCUT2D eigenvalue weighted by Gasteiger charge is -2.34. The number of hydrogen-bond acceptors (Lipinski definition) is 7. The predicted octanol–water partition coefficient (Wildman–Crippen LogP) is 2.92. The van der Waals surface area contributed by atoms with Gasteiger partial charge in [-0.15, -0.1) is 0 Å². The van der Waals surface area contributed by atoms with E-state index in [0.29, 0.717) is 42.3 Å². The molecule has 10 nitrogen and oxygen atoms in total. The second-order valence-corrected chi connectivity index (χ2v) is 12.2. The Morgan fingerprint density at radius 2 is 1.92 bits per heavy atom. The molecule has 3 aliphatic rings. The minimum Gasteiger partial charge on any atom is -0.354 e. The molecule has 4 N–H and O–H groups in total. The lowest BCUT2D eigenvalue weighted by molar-refractivity contribution is 0.267. The monoisotopic (exact) mass is 563 g/mol. The summed E-state index contributed by atoms with van der Waals surface area (Å²) in [7, 11) is -4.30. The first kappa shape index (κ1) is 26.0. The maximum Gasteiger partial charge on any atom is 0.301 e. The van der Waals surface area contributed by atoms with Gasteiger partial charge >= 0.3 is 10.2 Å². The summed E-state index contributed by atoms with van der Waals surface area (Å²) in [4.78, 5) is 22.6. The van der Waals surface area contributed by atoms with Crippen molar-refractivity contribution in [3.63, 3.8) is 0 Å². The molecule has 0 spiro atoms. The normalized spacial score (nSPS) is 23.6. The van der Waals surface area contributed by atoms with Crippen LogP contribution in [0.15, 0.2) is 29.2 Å². The summed E-state index contributed by atoms with van der Waals surface area (Å²) >= 11 is 0. The number of fused-ring (bicyclic) bond motifs is 1. The standard InChI is InChI=1S/C25H28F3N7O3S/c26-15-5-6-34(12-15)39(37,38)33-20-4-3-19(27)21(22(20)28)18-7-14-11-31-25(30-10-13-1-2-13)32-23(14)35(24(18)36)17-8-16(29)9-17/h3-4,7,11,13,15-17,33H,1-2,5-6,8-10,12,29H2,(H,30,31,32). The largest absolute Gasteiger partial charge is 0.354 e. The maximum atomic E-state index is 15.8. The molecule has 0 radical (unpaired) electrons. The molecule has 3 aromatic rings. The molecule has 2 aromatic heterocycles. The van der Waals surface area contributed by atoms with Crippen LogP contribution in [0.25, 0.3) is 22.2 Å². The molecule has 0 amide bonds. The van der Waals surface area contributed by atoms with Crippen LogP contribution in [0.5, 0.6) is 0 Å². The van der Waals surface area contributed by atoms with Crippen LogP contribution < -0.4 is 21.3 Å². The molecule has 1 unspecified atom stereocenters. The number of hydrogen-bond donors (Lipinski definition) is 3. The number of nitrogens with two attached hydrogens (primary N) is 1. The summed E-state index contributed by atoms with van der Waals surface area (Å²) in [5.74, 6) is -1.38. The van der Waals surface area contributed by atoms with E-state index in [1.54, 1.807) is 0 Å². The summed E-state index contributed by atoms with van der Waals surface area (Å²) in [6, 6.07) is 2.69. The third-order valence-electron chi connectivity index (χ3n) is 7.57. The Labute approximate surface area is 222 Å². The Hall–Kier alpha value is -3.23. The second kappa shape index (κ2) is 9.75. The van der Waals surface area contributed by atoms with E-state index in [2.05, 4.69) is 20.0 Å². The molecule has 1 atom stereocenters. The average molecular weight is 564 g/mol. The topological polar surface area (TPSA) is 135 Å². The molecule has 1 saturated heterocycles. The molecule has 1 aliphatic heterocycles. The average Bonchev–Trinajstić information content (AvgIpc) is 3.60. The van der Waals surface area contributed by atoms with Crippen molar-refractivity contribution in [2.75, 3.05) is 29.7 Å². The number of anilines is 2. The smallest absolute Gasteiger partial charge is 0.301 e. The van der Waals surface area contributed by atoms with Crippen LogP contribution in [0.1, 0.15) is 38.1 Å². The first-order valence-corrected chi connectivity index (χ1v) is 14.4. The fraction of sp³-hybridized carbons (Fsp3) is 0.480. The third kappa shape index (κ3) is 4.96. The predicted molar refractivity (Wildman–Crippen MR) is 140 cm³/mol. The Kier molecular flexibility index (Phi) is 6.50. The lowest BCUT2D eigenvalue weighted by Crippen LogP contribution is -2.42. The van der Waals surface area contributed by atoms with Crippen LogP contribution in [0.3, 0.4) is 0 Å². The molecular weight excluding hydrogens is 535 g/mol. The van der Waals surface area contributed by atoms with E-state index < -0.39 is 44.8 Å². The summed E-state index contributed by atoms with van der Waals surface area (Å²) < 4.78 is 74.2. The van der Waals surface area contributed by atoms with Crippen LogP contribution in [-0.2, 0) is 10.2 Å². The van der Waals surface area contributed by atoms with Gasteiger partial charge in [-0.1, -0.05) is 0 Å². The fourth-order valence-corrected chi connectivity index (χ4v) is 6.38. The molecule has 3 fully saturated rings. The quantitative estimate of drug-likeness (QED) is 0.384. The Morgan fingerprint density at radius 1 is 1.15 bits per heavy atom.